The van der Waals surface area contributed by atoms with Gasteiger partial charge in [-0.25, -0.2) is 9.97 Å². The lowest BCUT2D eigenvalue weighted by Gasteiger charge is -2.16. The third kappa shape index (κ3) is 2.67. The largest absolute Gasteiger partial charge is 0.365 e. The smallest absolute Gasteiger partial charge is 0.148 e. The molecule has 3 nitrogen and oxygen atoms in total. The zero-order chi connectivity index (χ0) is 12.3. The molecule has 1 atom stereocenters. The number of nitrogens with one attached hydrogen (secondary N) is 1. The highest BCUT2D eigenvalue weighted by Crippen LogP contribution is 2.17. The Labute approximate surface area is 106 Å². The number of alkyl halides is 1. The van der Waals surface area contributed by atoms with E-state index < -0.39 is 0 Å². The molecule has 1 N–H and O–H groups in total. The normalized spacial score (nSPS) is 12.6. The molecule has 0 bridgehead atoms. The fraction of sp³-hybridized carbons (Fsp3) is 0.385. The van der Waals surface area contributed by atoms with Crippen molar-refractivity contribution in [1.29, 1.82) is 0 Å². The summed E-state index contributed by atoms with van der Waals surface area (Å²) in [4.78, 5) is 9.11. The average Bonchev–Trinajstić information content (AvgIpc) is 2.36. The summed E-state index contributed by atoms with van der Waals surface area (Å²) in [7, 11) is 0. The molecule has 0 aliphatic carbocycles. The van der Waals surface area contributed by atoms with Gasteiger partial charge in [-0.05, 0) is 25.5 Å². The first-order valence-electron chi connectivity index (χ1n) is 5.80. The van der Waals surface area contributed by atoms with Gasteiger partial charge in [0, 0.05) is 11.9 Å². The highest BCUT2D eigenvalue weighted by atomic mass is 35.5. The van der Waals surface area contributed by atoms with Crippen molar-refractivity contribution in [2.75, 3.05) is 11.2 Å². The Morgan fingerprint density at radius 3 is 2.47 bits per heavy atom. The lowest BCUT2D eigenvalue weighted by atomic mass is 10.2. The minimum Gasteiger partial charge on any atom is -0.365 e. The second-order valence-corrected chi connectivity index (χ2v) is 4.36. The number of fused-ring (bicyclic) bond motifs is 1. The molecular formula is C13H16ClN3. The number of hydrogen-bond acceptors (Lipinski definition) is 3. The molecule has 2 aromatic rings. The van der Waals surface area contributed by atoms with Gasteiger partial charge in [0.1, 0.15) is 5.82 Å². The van der Waals surface area contributed by atoms with Gasteiger partial charge in [-0.3, -0.25) is 0 Å². The van der Waals surface area contributed by atoms with Crippen LogP contribution in [-0.4, -0.2) is 21.9 Å². The lowest BCUT2D eigenvalue weighted by molar-refractivity contribution is 0.763. The van der Waals surface area contributed by atoms with Gasteiger partial charge >= 0.3 is 0 Å². The molecule has 1 aromatic heterocycles. The predicted molar refractivity (Wildman–Crippen MR) is 72.7 cm³/mol. The Morgan fingerprint density at radius 1 is 1.24 bits per heavy atom. The summed E-state index contributed by atoms with van der Waals surface area (Å²) in [6, 6.07) is 8.12. The molecule has 17 heavy (non-hydrogen) atoms. The molecule has 0 aliphatic rings. The van der Waals surface area contributed by atoms with Crippen molar-refractivity contribution < 1.29 is 0 Å². The van der Waals surface area contributed by atoms with Crippen LogP contribution in [0.1, 0.15) is 19.0 Å². The van der Waals surface area contributed by atoms with E-state index in [0.717, 1.165) is 29.0 Å². The molecule has 0 fully saturated rings. The Balaban J connectivity index is 2.37. The average molecular weight is 250 g/mol. The van der Waals surface area contributed by atoms with Crippen LogP contribution in [0.25, 0.3) is 11.0 Å². The Morgan fingerprint density at radius 2 is 1.88 bits per heavy atom. The van der Waals surface area contributed by atoms with Gasteiger partial charge in [0.25, 0.3) is 0 Å². The van der Waals surface area contributed by atoms with Crippen LogP contribution in [0.5, 0.6) is 0 Å². The quantitative estimate of drug-likeness (QED) is 0.845. The maximum Gasteiger partial charge on any atom is 0.148 e. The van der Waals surface area contributed by atoms with Crippen molar-refractivity contribution in [2.45, 2.75) is 26.3 Å². The zero-order valence-corrected chi connectivity index (χ0v) is 10.8. The van der Waals surface area contributed by atoms with Gasteiger partial charge in [0.05, 0.1) is 16.7 Å². The van der Waals surface area contributed by atoms with Gasteiger partial charge in [-0.15, -0.1) is 11.6 Å². The highest BCUT2D eigenvalue weighted by Gasteiger charge is 2.09. The summed E-state index contributed by atoms with van der Waals surface area (Å²) in [6.07, 6.45) is 0.970. The Bertz CT molecular complexity index is 509. The van der Waals surface area contributed by atoms with Crippen LogP contribution in [-0.2, 0) is 0 Å². The molecule has 0 saturated carbocycles. The maximum atomic E-state index is 5.88. The number of para-hydroxylation sites is 2. The van der Waals surface area contributed by atoms with Crippen molar-refractivity contribution in [3.8, 4) is 0 Å². The first-order valence-corrected chi connectivity index (χ1v) is 6.34. The summed E-state index contributed by atoms with van der Waals surface area (Å²) in [5.41, 5.74) is 2.74. The molecule has 1 heterocycles. The van der Waals surface area contributed by atoms with E-state index in [1.807, 2.05) is 31.2 Å². The standard InChI is InChI=1S/C13H16ClN3/c1-3-10(8-14)16-13-9(2)15-11-6-4-5-7-12(11)17-13/h4-7,10H,3,8H2,1-2H3,(H,16,17). The second-order valence-electron chi connectivity index (χ2n) is 4.05. The monoisotopic (exact) mass is 249 g/mol. The number of benzene rings is 1. The summed E-state index contributed by atoms with van der Waals surface area (Å²) < 4.78 is 0. The first-order chi connectivity index (χ1) is 8.24. The number of rotatable bonds is 4. The fourth-order valence-electron chi connectivity index (χ4n) is 1.67. The summed E-state index contributed by atoms with van der Waals surface area (Å²) >= 11 is 5.88. The van der Waals surface area contributed by atoms with Crippen molar-refractivity contribution >= 4 is 28.5 Å². The minimum absolute atomic E-state index is 0.242. The molecule has 1 aromatic carbocycles. The van der Waals surface area contributed by atoms with E-state index in [2.05, 4.69) is 22.2 Å². The molecule has 0 radical (unpaired) electrons. The summed E-state index contributed by atoms with van der Waals surface area (Å²) in [5.74, 6) is 1.40. The van der Waals surface area contributed by atoms with Crippen LogP contribution in [0.2, 0.25) is 0 Å². The molecule has 1 unspecified atom stereocenters. The van der Waals surface area contributed by atoms with Crippen LogP contribution in [0, 0.1) is 6.92 Å². The molecule has 4 heteroatoms. The molecular weight excluding hydrogens is 234 g/mol. The number of nitrogens with zero attached hydrogens (tertiary/aromatic N) is 2. The van der Waals surface area contributed by atoms with E-state index in [4.69, 9.17) is 11.6 Å². The summed E-state index contributed by atoms with van der Waals surface area (Å²) in [6.45, 7) is 4.06. The van der Waals surface area contributed by atoms with Crippen molar-refractivity contribution in [3.05, 3.63) is 30.0 Å². The minimum atomic E-state index is 0.242. The van der Waals surface area contributed by atoms with E-state index in [-0.39, 0.29) is 6.04 Å². The van der Waals surface area contributed by atoms with Crippen LogP contribution in [0.15, 0.2) is 24.3 Å². The van der Waals surface area contributed by atoms with Crippen LogP contribution in [0.3, 0.4) is 0 Å². The second kappa shape index (κ2) is 5.32. The number of aryl methyl sites for hydroxylation is 1. The topological polar surface area (TPSA) is 37.8 Å². The zero-order valence-electron chi connectivity index (χ0n) is 10.1. The first kappa shape index (κ1) is 12.1. The highest BCUT2D eigenvalue weighted by molar-refractivity contribution is 6.18. The lowest BCUT2D eigenvalue weighted by Crippen LogP contribution is -2.21. The number of hydrogen-bond donors (Lipinski definition) is 1. The number of halogens is 1. The molecule has 2 rings (SSSR count). The van der Waals surface area contributed by atoms with E-state index in [1.165, 1.54) is 0 Å². The van der Waals surface area contributed by atoms with Crippen molar-refractivity contribution in [3.63, 3.8) is 0 Å². The van der Waals surface area contributed by atoms with Crippen molar-refractivity contribution in [2.24, 2.45) is 0 Å². The van der Waals surface area contributed by atoms with Gasteiger partial charge in [-0.2, -0.15) is 0 Å². The van der Waals surface area contributed by atoms with Gasteiger partial charge < -0.3 is 5.32 Å². The molecule has 0 amide bonds. The van der Waals surface area contributed by atoms with Gasteiger partial charge in [0.15, 0.2) is 0 Å². The SMILES string of the molecule is CCC(CCl)Nc1nc2ccccc2nc1C. The third-order valence-electron chi connectivity index (χ3n) is 2.76. The van der Waals surface area contributed by atoms with Crippen molar-refractivity contribution in [1.82, 2.24) is 9.97 Å². The maximum absolute atomic E-state index is 5.88. The molecule has 90 valence electrons. The van der Waals surface area contributed by atoms with Gasteiger partial charge in [-0.1, -0.05) is 19.1 Å². The molecule has 0 aliphatic heterocycles. The van der Waals surface area contributed by atoms with Crippen LogP contribution >= 0.6 is 11.6 Å². The summed E-state index contributed by atoms with van der Waals surface area (Å²) in [5, 5.41) is 3.33. The van der Waals surface area contributed by atoms with E-state index in [9.17, 15) is 0 Å². The molecule has 0 saturated heterocycles. The van der Waals surface area contributed by atoms with Gasteiger partial charge in [0.2, 0.25) is 0 Å². The van der Waals surface area contributed by atoms with E-state index in [0.29, 0.717) is 5.88 Å². The number of aromatic nitrogens is 2. The Kier molecular flexibility index (Phi) is 3.79. The Hall–Kier alpha value is -1.35. The van der Waals surface area contributed by atoms with Crippen LogP contribution in [0.4, 0.5) is 5.82 Å². The predicted octanol–water partition coefficient (Wildman–Crippen LogP) is 3.37. The third-order valence-corrected chi connectivity index (χ3v) is 3.14. The van der Waals surface area contributed by atoms with Crippen LogP contribution < -0.4 is 5.32 Å². The fourth-order valence-corrected chi connectivity index (χ4v) is 1.96. The van der Waals surface area contributed by atoms with E-state index >= 15 is 0 Å². The molecule has 0 spiro atoms. The number of anilines is 1. The van der Waals surface area contributed by atoms with E-state index in [1.54, 1.807) is 0 Å².